The number of nitrogens with one attached hydrogen (secondary N) is 1. The third-order valence-electron chi connectivity index (χ3n) is 3.47. The maximum Gasteiger partial charge on any atom is 0.407 e. The highest BCUT2D eigenvalue weighted by Gasteiger charge is 2.20. The molecule has 1 rings (SSSR count). The summed E-state index contributed by atoms with van der Waals surface area (Å²) in [6.07, 6.45) is 0.473. The number of carbonyl (C=O) groups excluding carboxylic acids is 2. The molecule has 4 heteroatoms. The smallest absolute Gasteiger partial charge is 0.407 e. The number of aryl methyl sites for hydroxylation is 2. The van der Waals surface area contributed by atoms with E-state index in [-0.39, 0.29) is 18.2 Å². The standard InChI is InChI=1S/C18H27NO3/c1-7-15(19-17(21)22-18(4,5)6)11-16(20)14-9-8-12(2)13(3)10-14/h8-10,15H,7,11H2,1-6H3,(H,19,21). The number of hydrogen-bond acceptors (Lipinski definition) is 3. The van der Waals surface area contributed by atoms with Crippen LogP contribution in [0.4, 0.5) is 4.79 Å². The zero-order valence-electron chi connectivity index (χ0n) is 14.4. The number of ether oxygens (including phenoxy) is 1. The van der Waals surface area contributed by atoms with Gasteiger partial charge in [0, 0.05) is 18.0 Å². The molecule has 1 N–H and O–H groups in total. The number of ketones is 1. The van der Waals surface area contributed by atoms with Gasteiger partial charge in [0.25, 0.3) is 0 Å². The quantitative estimate of drug-likeness (QED) is 0.830. The maximum atomic E-state index is 12.4. The molecule has 1 atom stereocenters. The van der Waals surface area contributed by atoms with Crippen LogP contribution in [0.1, 0.15) is 62.0 Å². The molecule has 4 nitrogen and oxygen atoms in total. The van der Waals surface area contributed by atoms with Crippen molar-refractivity contribution in [2.45, 2.75) is 66.0 Å². The number of carbonyl (C=O) groups is 2. The summed E-state index contributed by atoms with van der Waals surface area (Å²) in [6.45, 7) is 11.4. The van der Waals surface area contributed by atoms with Crippen LogP contribution >= 0.6 is 0 Å². The van der Waals surface area contributed by atoms with E-state index >= 15 is 0 Å². The second-order valence-corrected chi connectivity index (χ2v) is 6.68. The Morgan fingerprint density at radius 3 is 2.32 bits per heavy atom. The molecule has 1 aromatic rings. The van der Waals surface area contributed by atoms with Gasteiger partial charge in [-0.3, -0.25) is 4.79 Å². The first-order valence-corrected chi connectivity index (χ1v) is 7.72. The van der Waals surface area contributed by atoms with Gasteiger partial charge in [0.1, 0.15) is 5.60 Å². The maximum absolute atomic E-state index is 12.4. The van der Waals surface area contributed by atoms with E-state index in [1.807, 2.05) is 59.7 Å². The van der Waals surface area contributed by atoms with Crippen molar-refractivity contribution in [2.24, 2.45) is 0 Å². The second-order valence-electron chi connectivity index (χ2n) is 6.68. The normalized spacial score (nSPS) is 12.6. The van der Waals surface area contributed by atoms with Gasteiger partial charge < -0.3 is 10.1 Å². The lowest BCUT2D eigenvalue weighted by atomic mass is 9.99. The summed E-state index contributed by atoms with van der Waals surface area (Å²) in [5.41, 5.74) is 2.41. The summed E-state index contributed by atoms with van der Waals surface area (Å²) in [6, 6.07) is 5.47. The van der Waals surface area contributed by atoms with E-state index in [1.54, 1.807) is 0 Å². The molecule has 122 valence electrons. The molecule has 0 radical (unpaired) electrons. The zero-order valence-corrected chi connectivity index (χ0v) is 14.4. The van der Waals surface area contributed by atoms with Crippen LogP contribution in [0.15, 0.2) is 18.2 Å². The van der Waals surface area contributed by atoms with Crippen LogP contribution in [0, 0.1) is 13.8 Å². The van der Waals surface area contributed by atoms with Gasteiger partial charge >= 0.3 is 6.09 Å². The predicted molar refractivity (Wildman–Crippen MR) is 88.3 cm³/mol. The van der Waals surface area contributed by atoms with E-state index in [2.05, 4.69) is 5.32 Å². The average molecular weight is 305 g/mol. The molecule has 0 heterocycles. The van der Waals surface area contributed by atoms with E-state index in [9.17, 15) is 9.59 Å². The molecular formula is C18H27NO3. The van der Waals surface area contributed by atoms with E-state index < -0.39 is 11.7 Å². The van der Waals surface area contributed by atoms with Crippen molar-refractivity contribution in [3.63, 3.8) is 0 Å². The Balaban J connectivity index is 2.67. The highest BCUT2D eigenvalue weighted by molar-refractivity contribution is 5.96. The summed E-state index contributed by atoms with van der Waals surface area (Å²) in [5.74, 6) is 0.0333. The second kappa shape index (κ2) is 7.43. The number of rotatable bonds is 5. The van der Waals surface area contributed by atoms with Crippen molar-refractivity contribution >= 4 is 11.9 Å². The lowest BCUT2D eigenvalue weighted by Gasteiger charge is -2.22. The Bertz CT molecular complexity index is 544. The van der Waals surface area contributed by atoms with Gasteiger partial charge in [0.05, 0.1) is 0 Å². The summed E-state index contributed by atoms with van der Waals surface area (Å²) >= 11 is 0. The van der Waals surface area contributed by atoms with Gasteiger partial charge in [-0.25, -0.2) is 4.79 Å². The number of benzene rings is 1. The predicted octanol–water partition coefficient (Wildman–Crippen LogP) is 4.18. The lowest BCUT2D eigenvalue weighted by Crippen LogP contribution is -2.39. The summed E-state index contributed by atoms with van der Waals surface area (Å²) in [7, 11) is 0. The first-order chi connectivity index (χ1) is 10.1. The van der Waals surface area contributed by atoms with Crippen LogP contribution in [0.2, 0.25) is 0 Å². The number of amides is 1. The Kier molecular flexibility index (Phi) is 6.15. The van der Waals surface area contributed by atoms with Crippen molar-refractivity contribution in [1.82, 2.24) is 5.32 Å². The molecule has 0 spiro atoms. The Labute approximate surface area is 133 Å². The highest BCUT2D eigenvalue weighted by atomic mass is 16.6. The zero-order chi connectivity index (χ0) is 16.9. The van der Waals surface area contributed by atoms with Crippen LogP contribution in [-0.4, -0.2) is 23.5 Å². The highest BCUT2D eigenvalue weighted by Crippen LogP contribution is 2.14. The minimum Gasteiger partial charge on any atom is -0.444 e. The molecule has 22 heavy (non-hydrogen) atoms. The summed E-state index contributed by atoms with van der Waals surface area (Å²) in [4.78, 5) is 24.2. The van der Waals surface area contributed by atoms with Crippen LogP contribution in [0.25, 0.3) is 0 Å². The largest absolute Gasteiger partial charge is 0.444 e. The minimum absolute atomic E-state index is 0.0333. The van der Waals surface area contributed by atoms with Crippen molar-refractivity contribution in [3.8, 4) is 0 Å². The molecule has 0 aliphatic heterocycles. The SMILES string of the molecule is CCC(CC(=O)c1ccc(C)c(C)c1)NC(=O)OC(C)(C)C. The molecular weight excluding hydrogens is 278 g/mol. The fourth-order valence-corrected chi connectivity index (χ4v) is 2.03. The van der Waals surface area contributed by atoms with E-state index in [1.165, 1.54) is 0 Å². The molecule has 0 saturated carbocycles. The van der Waals surface area contributed by atoms with Gasteiger partial charge in [-0.15, -0.1) is 0 Å². The molecule has 0 aromatic heterocycles. The van der Waals surface area contributed by atoms with Crippen LogP contribution in [0.3, 0.4) is 0 Å². The summed E-state index contributed by atoms with van der Waals surface area (Å²) < 4.78 is 5.23. The molecule has 1 amide bonds. The molecule has 1 unspecified atom stereocenters. The van der Waals surface area contributed by atoms with Gasteiger partial charge in [0.2, 0.25) is 0 Å². The average Bonchev–Trinajstić information content (AvgIpc) is 2.38. The molecule has 0 aliphatic carbocycles. The van der Waals surface area contributed by atoms with E-state index in [0.717, 1.165) is 11.1 Å². The lowest BCUT2D eigenvalue weighted by molar-refractivity contribution is 0.0500. The topological polar surface area (TPSA) is 55.4 Å². The van der Waals surface area contributed by atoms with Crippen molar-refractivity contribution < 1.29 is 14.3 Å². The van der Waals surface area contributed by atoms with Crippen LogP contribution < -0.4 is 5.32 Å². The first kappa shape index (κ1) is 18.2. The number of alkyl carbamates (subject to hydrolysis) is 1. The minimum atomic E-state index is -0.541. The molecule has 0 saturated heterocycles. The molecule has 0 bridgehead atoms. The Morgan fingerprint density at radius 2 is 1.82 bits per heavy atom. The van der Waals surface area contributed by atoms with Crippen molar-refractivity contribution in [3.05, 3.63) is 34.9 Å². The van der Waals surface area contributed by atoms with Gasteiger partial charge in [-0.05, 0) is 58.2 Å². The van der Waals surface area contributed by atoms with Crippen LogP contribution in [0.5, 0.6) is 0 Å². The van der Waals surface area contributed by atoms with Gasteiger partial charge in [-0.1, -0.05) is 19.1 Å². The Morgan fingerprint density at radius 1 is 1.18 bits per heavy atom. The first-order valence-electron chi connectivity index (χ1n) is 7.72. The monoisotopic (exact) mass is 305 g/mol. The van der Waals surface area contributed by atoms with Crippen LogP contribution in [-0.2, 0) is 4.74 Å². The van der Waals surface area contributed by atoms with Crippen molar-refractivity contribution in [2.75, 3.05) is 0 Å². The Hall–Kier alpha value is -1.84. The number of Topliss-reactive ketones (excluding diaryl/α,β-unsaturated/α-hetero) is 1. The van der Waals surface area contributed by atoms with E-state index in [0.29, 0.717) is 12.0 Å². The molecule has 0 aliphatic rings. The third kappa shape index (κ3) is 5.88. The summed E-state index contributed by atoms with van der Waals surface area (Å²) in [5, 5.41) is 2.77. The van der Waals surface area contributed by atoms with Crippen molar-refractivity contribution in [1.29, 1.82) is 0 Å². The fourth-order valence-electron chi connectivity index (χ4n) is 2.03. The van der Waals surface area contributed by atoms with E-state index in [4.69, 9.17) is 4.74 Å². The van der Waals surface area contributed by atoms with Gasteiger partial charge in [-0.2, -0.15) is 0 Å². The van der Waals surface area contributed by atoms with Gasteiger partial charge in [0.15, 0.2) is 5.78 Å². The molecule has 1 aromatic carbocycles. The fraction of sp³-hybridized carbons (Fsp3) is 0.556. The third-order valence-corrected chi connectivity index (χ3v) is 3.47. The number of hydrogen-bond donors (Lipinski definition) is 1. The molecule has 0 fully saturated rings.